The Hall–Kier alpha value is -2.30. The summed E-state index contributed by atoms with van der Waals surface area (Å²) in [7, 11) is 1.31. The number of benzene rings is 1. The standard InChI is InChI=1S/C14H17N3O2/c1-4-10-5-7-11(8-6-10)17-9(2)16-12(13(17)15)14(18)19-3/h5-8H,4,15H2,1-3H3. The first-order valence-electron chi connectivity index (χ1n) is 6.11. The summed E-state index contributed by atoms with van der Waals surface area (Å²) >= 11 is 0. The van der Waals surface area contributed by atoms with Crippen LogP contribution < -0.4 is 5.73 Å². The van der Waals surface area contributed by atoms with Crippen molar-refractivity contribution in [1.29, 1.82) is 0 Å². The van der Waals surface area contributed by atoms with Crippen LogP contribution in [-0.2, 0) is 11.2 Å². The Morgan fingerprint density at radius 2 is 2.00 bits per heavy atom. The van der Waals surface area contributed by atoms with E-state index in [1.807, 2.05) is 24.3 Å². The van der Waals surface area contributed by atoms with Gasteiger partial charge in [-0.1, -0.05) is 19.1 Å². The van der Waals surface area contributed by atoms with Gasteiger partial charge in [0.2, 0.25) is 0 Å². The number of methoxy groups -OCH3 is 1. The minimum atomic E-state index is -0.524. The van der Waals surface area contributed by atoms with Crippen LogP contribution in [0.25, 0.3) is 5.69 Å². The predicted molar refractivity (Wildman–Crippen MR) is 73.4 cm³/mol. The fourth-order valence-corrected chi connectivity index (χ4v) is 2.00. The molecule has 5 heteroatoms. The molecule has 100 valence electrons. The second-order valence-electron chi connectivity index (χ2n) is 4.24. The lowest BCUT2D eigenvalue weighted by atomic mass is 10.1. The van der Waals surface area contributed by atoms with E-state index in [4.69, 9.17) is 5.73 Å². The van der Waals surface area contributed by atoms with Gasteiger partial charge in [-0.25, -0.2) is 9.78 Å². The summed E-state index contributed by atoms with van der Waals surface area (Å²) in [5.41, 5.74) is 8.26. The van der Waals surface area contributed by atoms with Gasteiger partial charge in [0.15, 0.2) is 5.69 Å². The van der Waals surface area contributed by atoms with Crippen LogP contribution in [0.4, 0.5) is 5.82 Å². The first kappa shape index (κ1) is 13.1. The van der Waals surface area contributed by atoms with Gasteiger partial charge in [0.1, 0.15) is 11.6 Å². The molecule has 1 heterocycles. The van der Waals surface area contributed by atoms with Gasteiger partial charge in [0.05, 0.1) is 7.11 Å². The van der Waals surface area contributed by atoms with Crippen LogP contribution in [-0.4, -0.2) is 22.6 Å². The number of imidazole rings is 1. The number of rotatable bonds is 3. The molecule has 5 nitrogen and oxygen atoms in total. The Morgan fingerprint density at radius 3 is 2.53 bits per heavy atom. The van der Waals surface area contributed by atoms with Gasteiger partial charge in [0.25, 0.3) is 0 Å². The molecule has 0 aliphatic heterocycles. The summed E-state index contributed by atoms with van der Waals surface area (Å²) in [6, 6.07) is 7.99. The Morgan fingerprint density at radius 1 is 1.37 bits per heavy atom. The van der Waals surface area contributed by atoms with Gasteiger partial charge in [-0.15, -0.1) is 0 Å². The van der Waals surface area contributed by atoms with Crippen molar-refractivity contribution in [3.63, 3.8) is 0 Å². The minimum absolute atomic E-state index is 0.152. The molecule has 0 aliphatic carbocycles. The number of carbonyl (C=O) groups excluding carboxylic acids is 1. The zero-order valence-electron chi connectivity index (χ0n) is 11.3. The highest BCUT2D eigenvalue weighted by molar-refractivity contribution is 5.92. The molecule has 2 aromatic rings. The lowest BCUT2D eigenvalue weighted by molar-refractivity contribution is 0.0596. The van der Waals surface area contributed by atoms with E-state index in [0.29, 0.717) is 11.6 Å². The Labute approximate surface area is 112 Å². The summed E-state index contributed by atoms with van der Waals surface area (Å²) in [6.07, 6.45) is 0.978. The van der Waals surface area contributed by atoms with E-state index in [1.165, 1.54) is 12.7 Å². The zero-order chi connectivity index (χ0) is 14.0. The summed E-state index contributed by atoms with van der Waals surface area (Å²) in [6.45, 7) is 3.90. The molecular weight excluding hydrogens is 242 g/mol. The van der Waals surface area contributed by atoms with E-state index >= 15 is 0 Å². The largest absolute Gasteiger partial charge is 0.464 e. The molecule has 1 aromatic carbocycles. The highest BCUT2D eigenvalue weighted by Crippen LogP contribution is 2.21. The van der Waals surface area contributed by atoms with E-state index in [-0.39, 0.29) is 5.69 Å². The smallest absolute Gasteiger partial charge is 0.360 e. The molecule has 0 saturated carbocycles. The number of nitrogen functional groups attached to an aromatic ring is 1. The van der Waals surface area contributed by atoms with Crippen LogP contribution in [0.3, 0.4) is 0 Å². The number of hydrogen-bond acceptors (Lipinski definition) is 4. The lowest BCUT2D eigenvalue weighted by Gasteiger charge is -2.08. The first-order valence-corrected chi connectivity index (χ1v) is 6.11. The third-order valence-electron chi connectivity index (χ3n) is 3.06. The quantitative estimate of drug-likeness (QED) is 0.857. The van der Waals surface area contributed by atoms with Crippen LogP contribution in [0.2, 0.25) is 0 Å². The average Bonchev–Trinajstić information content (AvgIpc) is 2.73. The molecule has 19 heavy (non-hydrogen) atoms. The third-order valence-corrected chi connectivity index (χ3v) is 3.06. The van der Waals surface area contributed by atoms with Gasteiger partial charge in [-0.05, 0) is 31.0 Å². The topological polar surface area (TPSA) is 70.1 Å². The van der Waals surface area contributed by atoms with Gasteiger partial charge >= 0.3 is 5.97 Å². The van der Waals surface area contributed by atoms with Gasteiger partial charge in [0, 0.05) is 5.69 Å². The molecule has 0 spiro atoms. The van der Waals surface area contributed by atoms with Crippen molar-refractivity contribution < 1.29 is 9.53 Å². The number of nitrogens with zero attached hydrogens (tertiary/aromatic N) is 2. The van der Waals surface area contributed by atoms with Crippen molar-refractivity contribution in [2.24, 2.45) is 0 Å². The van der Waals surface area contributed by atoms with E-state index < -0.39 is 5.97 Å². The molecule has 2 rings (SSSR count). The van der Waals surface area contributed by atoms with Gasteiger partial charge in [-0.2, -0.15) is 0 Å². The van der Waals surface area contributed by atoms with Crippen molar-refractivity contribution in [1.82, 2.24) is 9.55 Å². The number of carbonyl (C=O) groups is 1. The second kappa shape index (κ2) is 5.14. The number of hydrogen-bond donors (Lipinski definition) is 1. The summed E-state index contributed by atoms with van der Waals surface area (Å²) < 4.78 is 6.40. The van der Waals surface area contributed by atoms with Crippen molar-refractivity contribution in [3.05, 3.63) is 41.3 Å². The fourth-order valence-electron chi connectivity index (χ4n) is 2.00. The maximum atomic E-state index is 11.6. The SMILES string of the molecule is CCc1ccc(-n2c(C)nc(C(=O)OC)c2N)cc1. The number of esters is 1. The highest BCUT2D eigenvalue weighted by Gasteiger charge is 2.19. The van der Waals surface area contributed by atoms with Crippen molar-refractivity contribution >= 4 is 11.8 Å². The summed E-state index contributed by atoms with van der Waals surface area (Å²) in [4.78, 5) is 15.7. The highest BCUT2D eigenvalue weighted by atomic mass is 16.5. The van der Waals surface area contributed by atoms with E-state index in [0.717, 1.165) is 12.1 Å². The van der Waals surface area contributed by atoms with Crippen LogP contribution >= 0.6 is 0 Å². The first-order chi connectivity index (χ1) is 9.08. The van der Waals surface area contributed by atoms with Crippen LogP contribution in [0, 0.1) is 6.92 Å². The average molecular weight is 259 g/mol. The van der Waals surface area contributed by atoms with E-state index in [2.05, 4.69) is 16.6 Å². The second-order valence-corrected chi connectivity index (χ2v) is 4.24. The lowest BCUT2D eigenvalue weighted by Crippen LogP contribution is -2.07. The maximum Gasteiger partial charge on any atom is 0.360 e. The predicted octanol–water partition coefficient (Wildman–Crippen LogP) is 2.11. The van der Waals surface area contributed by atoms with Crippen molar-refractivity contribution in [2.45, 2.75) is 20.3 Å². The molecule has 0 fully saturated rings. The third kappa shape index (κ3) is 2.31. The summed E-state index contributed by atoms with van der Waals surface area (Å²) in [5, 5.41) is 0. The molecule has 0 amide bonds. The Kier molecular flexibility index (Phi) is 3.55. The van der Waals surface area contributed by atoms with E-state index in [1.54, 1.807) is 11.5 Å². The molecule has 1 aromatic heterocycles. The molecule has 0 radical (unpaired) electrons. The molecule has 0 unspecified atom stereocenters. The van der Waals surface area contributed by atoms with Gasteiger partial charge in [-0.3, -0.25) is 4.57 Å². The number of aromatic nitrogens is 2. The van der Waals surface area contributed by atoms with E-state index in [9.17, 15) is 4.79 Å². The maximum absolute atomic E-state index is 11.6. The van der Waals surface area contributed by atoms with Crippen LogP contribution in [0.5, 0.6) is 0 Å². The van der Waals surface area contributed by atoms with Crippen LogP contribution in [0.15, 0.2) is 24.3 Å². The van der Waals surface area contributed by atoms with Crippen LogP contribution in [0.1, 0.15) is 28.8 Å². The number of aryl methyl sites for hydroxylation is 2. The molecule has 0 aliphatic rings. The van der Waals surface area contributed by atoms with Crippen molar-refractivity contribution in [2.75, 3.05) is 12.8 Å². The minimum Gasteiger partial charge on any atom is -0.464 e. The van der Waals surface area contributed by atoms with Gasteiger partial charge < -0.3 is 10.5 Å². The number of nitrogens with two attached hydrogens (primary N) is 1. The Bertz CT molecular complexity index is 600. The molecule has 2 N–H and O–H groups in total. The normalized spacial score (nSPS) is 10.5. The summed E-state index contributed by atoms with van der Waals surface area (Å²) in [5.74, 6) is 0.431. The number of anilines is 1. The molecule has 0 bridgehead atoms. The number of ether oxygens (including phenoxy) is 1. The fraction of sp³-hybridized carbons (Fsp3) is 0.286. The zero-order valence-corrected chi connectivity index (χ0v) is 11.3. The molecular formula is C14H17N3O2. The molecule has 0 saturated heterocycles. The Balaban J connectivity index is 2.49. The van der Waals surface area contributed by atoms with Crippen molar-refractivity contribution in [3.8, 4) is 5.69 Å². The molecule has 0 atom stereocenters. The monoisotopic (exact) mass is 259 g/mol.